The summed E-state index contributed by atoms with van der Waals surface area (Å²) in [5, 5.41) is 9.22. The van der Waals surface area contributed by atoms with Gasteiger partial charge in [0, 0.05) is 12.1 Å². The van der Waals surface area contributed by atoms with Crippen molar-refractivity contribution in [2.75, 3.05) is 6.54 Å². The summed E-state index contributed by atoms with van der Waals surface area (Å²) in [7, 11) is 0. The van der Waals surface area contributed by atoms with Crippen molar-refractivity contribution in [1.29, 1.82) is 0 Å². The summed E-state index contributed by atoms with van der Waals surface area (Å²) in [4.78, 5) is 67.9. The fraction of sp³-hybridized carbons (Fsp3) is 0.848. The van der Waals surface area contributed by atoms with Crippen LogP contribution in [0.3, 0.4) is 0 Å². The summed E-state index contributed by atoms with van der Waals surface area (Å²) in [5.74, 6) is -0.170. The third kappa shape index (κ3) is 5.56. The molecule has 0 aromatic carbocycles. The van der Waals surface area contributed by atoms with Gasteiger partial charge in [0.15, 0.2) is 0 Å². The average molecular weight is 598 g/mol. The molecule has 10 heteroatoms. The van der Waals surface area contributed by atoms with Gasteiger partial charge < -0.3 is 26.6 Å². The summed E-state index contributed by atoms with van der Waals surface area (Å²) in [6.45, 7) is 10.4. The molecule has 0 spiro atoms. The van der Waals surface area contributed by atoms with Crippen LogP contribution in [0.1, 0.15) is 98.8 Å². The Morgan fingerprint density at radius 1 is 0.930 bits per heavy atom. The van der Waals surface area contributed by atoms with E-state index in [-0.39, 0.29) is 40.6 Å². The Kier molecular flexibility index (Phi) is 7.40. The van der Waals surface area contributed by atoms with E-state index in [2.05, 4.69) is 29.8 Å². The molecule has 5 atom stereocenters. The molecule has 7 fully saturated rings. The standard InChI is InChI=1S/C33H51N5O5/c1-31(2,3)26(36-30(43)37-33-13-18-9-19(14-33)11-20(10-18)15-33)29(42)38-16-21-23(32(21,4)5)24(38)28(41)35-22(25(39)27(34)40)12-17-7-6-8-17/h17-24,26H,6-16H2,1-5H3,(H2,34,40)(H,35,41)(H2,36,37,43). The minimum atomic E-state index is -1.06. The molecule has 6 aliphatic carbocycles. The van der Waals surface area contributed by atoms with Crippen LogP contribution in [0.25, 0.3) is 0 Å². The van der Waals surface area contributed by atoms with Crippen LogP contribution in [0.2, 0.25) is 0 Å². The number of carbonyl (C=O) groups excluding carboxylic acids is 5. The third-order valence-corrected chi connectivity index (χ3v) is 12.2. The molecule has 43 heavy (non-hydrogen) atoms. The number of hydrogen-bond acceptors (Lipinski definition) is 5. The van der Waals surface area contributed by atoms with Crippen molar-refractivity contribution in [1.82, 2.24) is 20.9 Å². The first-order valence-electron chi connectivity index (χ1n) is 16.6. The lowest BCUT2D eigenvalue weighted by atomic mass is 9.53. The van der Waals surface area contributed by atoms with Gasteiger partial charge >= 0.3 is 6.03 Å². The van der Waals surface area contributed by atoms with Crippen molar-refractivity contribution in [2.45, 2.75) is 122 Å². The van der Waals surface area contributed by atoms with Crippen LogP contribution in [0.15, 0.2) is 0 Å². The van der Waals surface area contributed by atoms with E-state index in [4.69, 9.17) is 5.73 Å². The van der Waals surface area contributed by atoms with E-state index in [1.54, 1.807) is 4.90 Å². The van der Waals surface area contributed by atoms with Gasteiger partial charge in [-0.15, -0.1) is 0 Å². The Morgan fingerprint density at radius 3 is 2.00 bits per heavy atom. The first-order chi connectivity index (χ1) is 20.1. The first-order valence-corrected chi connectivity index (χ1v) is 16.6. The Bertz CT molecular complexity index is 1170. The lowest BCUT2D eigenvalue weighted by Crippen LogP contribution is -2.65. The Hall–Kier alpha value is -2.65. The number of amides is 5. The molecular formula is C33H51N5O5. The van der Waals surface area contributed by atoms with Crippen molar-refractivity contribution in [3.63, 3.8) is 0 Å². The number of carbonyl (C=O) groups is 5. The largest absolute Gasteiger partial charge is 0.363 e. The van der Waals surface area contributed by atoms with Crippen LogP contribution in [0, 0.1) is 46.3 Å². The van der Waals surface area contributed by atoms with Gasteiger partial charge in [0.05, 0.1) is 6.04 Å². The highest BCUT2D eigenvalue weighted by atomic mass is 16.2. The number of fused-ring (bicyclic) bond motifs is 1. The molecule has 1 aliphatic heterocycles. The summed E-state index contributed by atoms with van der Waals surface area (Å²) in [5.41, 5.74) is 4.43. The highest BCUT2D eigenvalue weighted by molar-refractivity contribution is 6.37. The SMILES string of the molecule is CC(C)(C)C(NC(=O)NC12CC3CC(CC(C3)C1)C2)C(=O)N1CC2C(C1C(=O)NC(CC1CCC1)C(=O)C(N)=O)C2(C)C. The third-order valence-electron chi connectivity index (χ3n) is 12.2. The van der Waals surface area contributed by atoms with Crippen molar-refractivity contribution in [3.8, 4) is 0 Å². The zero-order valence-corrected chi connectivity index (χ0v) is 26.5. The minimum absolute atomic E-state index is 0.0639. The number of nitrogens with one attached hydrogen (secondary N) is 3. The molecule has 6 saturated carbocycles. The van der Waals surface area contributed by atoms with Crippen LogP contribution in [-0.4, -0.2) is 64.6 Å². The van der Waals surface area contributed by atoms with Crippen molar-refractivity contribution in [3.05, 3.63) is 0 Å². The van der Waals surface area contributed by atoms with Crippen molar-refractivity contribution in [2.24, 2.45) is 52.1 Å². The van der Waals surface area contributed by atoms with E-state index in [0.717, 1.165) is 38.5 Å². The molecule has 7 rings (SSSR count). The van der Waals surface area contributed by atoms with Crippen LogP contribution in [0.4, 0.5) is 4.79 Å². The number of rotatable bonds is 9. The number of nitrogens with two attached hydrogens (primary N) is 1. The van der Waals surface area contributed by atoms with Gasteiger partial charge in [0.1, 0.15) is 12.1 Å². The number of urea groups is 1. The molecule has 5 unspecified atom stereocenters. The van der Waals surface area contributed by atoms with Crippen molar-refractivity contribution >= 4 is 29.5 Å². The van der Waals surface area contributed by atoms with Crippen molar-refractivity contribution < 1.29 is 24.0 Å². The lowest BCUT2D eigenvalue weighted by Gasteiger charge is -2.56. The van der Waals surface area contributed by atoms with Crippen LogP contribution >= 0.6 is 0 Å². The average Bonchev–Trinajstić information content (AvgIpc) is 3.18. The Morgan fingerprint density at radius 2 is 1.51 bits per heavy atom. The predicted molar refractivity (Wildman–Crippen MR) is 160 cm³/mol. The molecule has 1 saturated heterocycles. The molecule has 1 heterocycles. The maximum absolute atomic E-state index is 14.3. The summed E-state index contributed by atoms with van der Waals surface area (Å²) < 4.78 is 0. The molecule has 0 radical (unpaired) electrons. The zero-order valence-electron chi connectivity index (χ0n) is 26.5. The topological polar surface area (TPSA) is 151 Å². The maximum Gasteiger partial charge on any atom is 0.315 e. The summed E-state index contributed by atoms with van der Waals surface area (Å²) >= 11 is 0. The molecule has 10 nitrogen and oxygen atoms in total. The first kappa shape index (κ1) is 30.4. The highest BCUT2D eigenvalue weighted by Gasteiger charge is 2.70. The van der Waals surface area contributed by atoms with E-state index in [1.807, 2.05) is 20.8 Å². The minimum Gasteiger partial charge on any atom is -0.363 e. The van der Waals surface area contributed by atoms with E-state index in [9.17, 15) is 24.0 Å². The number of piperidine rings is 1. The van der Waals surface area contributed by atoms with E-state index in [1.165, 1.54) is 19.3 Å². The predicted octanol–water partition coefficient (Wildman–Crippen LogP) is 2.88. The van der Waals surface area contributed by atoms with E-state index < -0.39 is 41.1 Å². The second kappa shape index (κ2) is 10.5. The molecule has 0 aromatic rings. The smallest absolute Gasteiger partial charge is 0.315 e. The monoisotopic (exact) mass is 597 g/mol. The van der Waals surface area contributed by atoms with Crippen LogP contribution in [0.5, 0.6) is 0 Å². The molecule has 5 N–H and O–H groups in total. The number of hydrogen-bond donors (Lipinski definition) is 4. The Balaban J connectivity index is 1.18. The van der Waals surface area contributed by atoms with Gasteiger partial charge in [0.2, 0.25) is 17.6 Å². The molecule has 5 amide bonds. The number of ketones is 1. The number of likely N-dealkylation sites (tertiary alicyclic amines) is 1. The van der Waals surface area contributed by atoms with Gasteiger partial charge in [-0.2, -0.15) is 0 Å². The van der Waals surface area contributed by atoms with Gasteiger partial charge in [-0.25, -0.2) is 4.79 Å². The zero-order chi connectivity index (χ0) is 31.1. The maximum atomic E-state index is 14.3. The molecule has 0 aromatic heterocycles. The summed E-state index contributed by atoms with van der Waals surface area (Å²) in [6.07, 6.45) is 10.2. The van der Waals surface area contributed by atoms with E-state index in [0.29, 0.717) is 30.7 Å². The number of nitrogens with zero attached hydrogens (tertiary/aromatic N) is 1. The Labute approximate surface area is 255 Å². The fourth-order valence-electron chi connectivity index (χ4n) is 10.0. The summed E-state index contributed by atoms with van der Waals surface area (Å²) in [6, 6.07) is -2.92. The lowest BCUT2D eigenvalue weighted by molar-refractivity contribution is -0.145. The van der Waals surface area contributed by atoms with Crippen LogP contribution < -0.4 is 21.7 Å². The second-order valence-corrected chi connectivity index (χ2v) is 16.8. The van der Waals surface area contributed by atoms with Crippen LogP contribution in [-0.2, 0) is 19.2 Å². The highest BCUT2D eigenvalue weighted by Crippen LogP contribution is 2.65. The molecule has 7 aliphatic rings. The van der Waals surface area contributed by atoms with Gasteiger partial charge in [-0.1, -0.05) is 53.9 Å². The van der Waals surface area contributed by atoms with Gasteiger partial charge in [-0.05, 0) is 91.3 Å². The van der Waals surface area contributed by atoms with Gasteiger partial charge in [-0.3, -0.25) is 19.2 Å². The molecular weight excluding hydrogens is 546 g/mol. The second-order valence-electron chi connectivity index (χ2n) is 16.8. The van der Waals surface area contributed by atoms with Gasteiger partial charge in [0.25, 0.3) is 5.91 Å². The quantitative estimate of drug-likeness (QED) is 0.302. The number of primary amides is 1. The number of Topliss-reactive ketones (excluding diaryl/α,β-unsaturated/α-hetero) is 1. The van der Waals surface area contributed by atoms with E-state index >= 15 is 0 Å². The fourth-order valence-corrected chi connectivity index (χ4v) is 10.0. The molecule has 4 bridgehead atoms. The molecule has 238 valence electrons. The normalized spacial score (nSPS) is 36.6.